The number of ketones is 1. The van der Waals surface area contributed by atoms with Crippen LogP contribution in [-0.2, 0) is 4.79 Å². The van der Waals surface area contributed by atoms with E-state index in [4.69, 9.17) is 0 Å². The first-order valence-electron chi connectivity index (χ1n) is 8.05. The zero-order valence-corrected chi connectivity index (χ0v) is 14.0. The Kier molecular flexibility index (Phi) is 3.30. The summed E-state index contributed by atoms with van der Waals surface area (Å²) in [5, 5.41) is 0. The molecule has 0 spiro atoms. The van der Waals surface area contributed by atoms with Gasteiger partial charge in [-0.3, -0.25) is 9.78 Å². The van der Waals surface area contributed by atoms with Crippen LogP contribution in [0.5, 0.6) is 0 Å². The predicted octanol–water partition coefficient (Wildman–Crippen LogP) is 2.70. The van der Waals surface area contributed by atoms with Gasteiger partial charge in [0.15, 0.2) is 5.78 Å². The minimum absolute atomic E-state index is 0.0229. The molecule has 4 rings (SSSR count). The van der Waals surface area contributed by atoms with Crippen molar-refractivity contribution in [2.45, 2.75) is 19.8 Å². The summed E-state index contributed by atoms with van der Waals surface area (Å²) in [6, 6.07) is 3.79. The number of allylic oxidation sites excluding steroid dienone is 5. The maximum absolute atomic E-state index is 13.2. The van der Waals surface area contributed by atoms with Gasteiger partial charge in [-0.25, -0.2) is 9.98 Å². The van der Waals surface area contributed by atoms with Crippen LogP contribution in [0, 0.1) is 6.92 Å². The highest BCUT2D eigenvalue weighted by Gasteiger charge is 2.38. The average molecular weight is 318 g/mol. The number of carbonyl (C=O) groups excluding carboxylic acids is 1. The number of pyridine rings is 1. The minimum atomic E-state index is 0.0229. The number of nitrogens with zero attached hydrogens (tertiary/aromatic N) is 4. The number of carbonyl (C=O) groups is 1. The van der Waals surface area contributed by atoms with E-state index < -0.39 is 0 Å². The van der Waals surface area contributed by atoms with Crippen molar-refractivity contribution in [2.75, 3.05) is 14.1 Å². The summed E-state index contributed by atoms with van der Waals surface area (Å²) in [5.74, 6) is 0.648. The Morgan fingerprint density at radius 1 is 1.08 bits per heavy atom. The van der Waals surface area contributed by atoms with Crippen LogP contribution in [0.2, 0.25) is 0 Å². The molecule has 0 unspecified atom stereocenters. The van der Waals surface area contributed by atoms with E-state index in [0.29, 0.717) is 17.2 Å². The van der Waals surface area contributed by atoms with E-state index in [9.17, 15) is 4.79 Å². The molecule has 2 heterocycles. The summed E-state index contributed by atoms with van der Waals surface area (Å²) in [6.07, 6.45) is 7.68. The summed E-state index contributed by atoms with van der Waals surface area (Å²) < 4.78 is 0. The van der Waals surface area contributed by atoms with Crippen LogP contribution in [0.3, 0.4) is 0 Å². The molecule has 0 radical (unpaired) electrons. The van der Waals surface area contributed by atoms with E-state index in [1.54, 1.807) is 6.20 Å². The molecule has 5 heteroatoms. The second-order valence-corrected chi connectivity index (χ2v) is 6.27. The van der Waals surface area contributed by atoms with Crippen molar-refractivity contribution in [3.63, 3.8) is 0 Å². The molecule has 0 N–H and O–H groups in total. The molecule has 0 aromatic carbocycles. The topological polar surface area (TPSA) is 57.9 Å². The lowest BCUT2D eigenvalue weighted by atomic mass is 9.79. The highest BCUT2D eigenvalue weighted by Crippen LogP contribution is 2.39. The smallest absolute Gasteiger partial charge is 0.226 e. The van der Waals surface area contributed by atoms with Crippen LogP contribution in [-0.4, -0.2) is 41.4 Å². The number of aliphatic imine (C=N–C) groups is 2. The van der Waals surface area contributed by atoms with Gasteiger partial charge in [-0.1, -0.05) is 18.2 Å². The van der Waals surface area contributed by atoms with E-state index in [1.165, 1.54) is 0 Å². The molecule has 0 saturated heterocycles. The molecule has 1 aromatic heterocycles. The molecule has 0 bridgehead atoms. The third kappa shape index (κ3) is 2.08. The fraction of sp³-hybridized carbons (Fsp3) is 0.263. The third-order valence-corrected chi connectivity index (χ3v) is 4.44. The Labute approximate surface area is 140 Å². The van der Waals surface area contributed by atoms with E-state index >= 15 is 0 Å². The number of hydrogen-bond donors (Lipinski definition) is 0. The SMILES string of the molecule is Cc1ncccc1C1=C2N=C(N(C)C)N=C2C2=CCCC=C2C1=O. The van der Waals surface area contributed by atoms with Crippen molar-refractivity contribution in [3.05, 3.63) is 58.6 Å². The zero-order valence-electron chi connectivity index (χ0n) is 14.0. The van der Waals surface area contributed by atoms with Gasteiger partial charge in [0.25, 0.3) is 0 Å². The van der Waals surface area contributed by atoms with Crippen molar-refractivity contribution in [1.82, 2.24) is 9.88 Å². The van der Waals surface area contributed by atoms with Gasteiger partial charge in [0.1, 0.15) is 11.4 Å². The molecule has 0 amide bonds. The summed E-state index contributed by atoms with van der Waals surface area (Å²) in [5.41, 5.74) is 5.42. The Hall–Kier alpha value is -2.82. The molecule has 0 atom stereocenters. The maximum atomic E-state index is 13.2. The summed E-state index contributed by atoms with van der Waals surface area (Å²) in [6.45, 7) is 1.92. The lowest BCUT2D eigenvalue weighted by molar-refractivity contribution is -0.110. The standard InChI is InChI=1S/C19H18N4O/c1-11-12(9-6-10-20-11)15-17-16(21-19(22-17)23(2)3)13-7-4-5-8-14(13)18(15)24/h6-10H,4-5H2,1-3H3. The van der Waals surface area contributed by atoms with Crippen LogP contribution in [0.15, 0.2) is 57.3 Å². The van der Waals surface area contributed by atoms with Gasteiger partial charge in [-0.2, -0.15) is 0 Å². The quantitative estimate of drug-likeness (QED) is 0.800. The average Bonchev–Trinajstić information content (AvgIpc) is 3.02. The number of hydrogen-bond acceptors (Lipinski definition) is 5. The molecule has 0 saturated carbocycles. The van der Waals surface area contributed by atoms with Gasteiger partial charge in [-0.15, -0.1) is 0 Å². The lowest BCUT2D eigenvalue weighted by Gasteiger charge is -2.24. The second kappa shape index (κ2) is 5.37. The molecular formula is C19H18N4O. The number of aryl methyl sites for hydroxylation is 1. The normalized spacial score (nSPS) is 19.2. The second-order valence-electron chi connectivity index (χ2n) is 6.27. The van der Waals surface area contributed by atoms with E-state index in [0.717, 1.165) is 41.0 Å². The fourth-order valence-corrected chi connectivity index (χ4v) is 3.25. The van der Waals surface area contributed by atoms with Crippen molar-refractivity contribution < 1.29 is 4.79 Å². The van der Waals surface area contributed by atoms with Gasteiger partial charge in [-0.05, 0) is 25.8 Å². The number of fused-ring (bicyclic) bond motifs is 3. The van der Waals surface area contributed by atoms with E-state index in [1.807, 2.05) is 44.1 Å². The molecule has 1 aliphatic heterocycles. The lowest BCUT2D eigenvalue weighted by Crippen LogP contribution is -2.24. The third-order valence-electron chi connectivity index (χ3n) is 4.44. The van der Waals surface area contributed by atoms with Crippen LogP contribution >= 0.6 is 0 Å². The summed E-state index contributed by atoms with van der Waals surface area (Å²) in [4.78, 5) is 28.7. The Morgan fingerprint density at radius 2 is 1.83 bits per heavy atom. The molecule has 3 aliphatic rings. The molecule has 1 aromatic rings. The predicted molar refractivity (Wildman–Crippen MR) is 94.9 cm³/mol. The first-order valence-corrected chi connectivity index (χ1v) is 8.05. The summed E-state index contributed by atoms with van der Waals surface area (Å²) >= 11 is 0. The van der Waals surface area contributed by atoms with Crippen molar-refractivity contribution in [3.8, 4) is 0 Å². The highest BCUT2D eigenvalue weighted by atomic mass is 16.1. The van der Waals surface area contributed by atoms with Crippen LogP contribution < -0.4 is 0 Å². The fourth-order valence-electron chi connectivity index (χ4n) is 3.25. The van der Waals surface area contributed by atoms with E-state index in [2.05, 4.69) is 21.0 Å². The van der Waals surface area contributed by atoms with Gasteiger partial charge >= 0.3 is 0 Å². The largest absolute Gasteiger partial charge is 0.347 e. The molecule has 120 valence electrons. The number of aromatic nitrogens is 1. The highest BCUT2D eigenvalue weighted by molar-refractivity contribution is 6.45. The van der Waals surface area contributed by atoms with Gasteiger partial charge < -0.3 is 4.90 Å². The Balaban J connectivity index is 2.02. The molecule has 2 aliphatic carbocycles. The minimum Gasteiger partial charge on any atom is -0.347 e. The van der Waals surface area contributed by atoms with Crippen molar-refractivity contribution >= 4 is 23.0 Å². The number of guanidine groups is 1. The van der Waals surface area contributed by atoms with Crippen molar-refractivity contribution in [2.24, 2.45) is 9.98 Å². The first-order chi connectivity index (χ1) is 11.6. The number of Topliss-reactive ketones (excluding diaryl/α,β-unsaturated/α-hetero) is 1. The van der Waals surface area contributed by atoms with Crippen LogP contribution in [0.4, 0.5) is 0 Å². The van der Waals surface area contributed by atoms with Gasteiger partial charge in [0.05, 0.1) is 5.57 Å². The summed E-state index contributed by atoms with van der Waals surface area (Å²) in [7, 11) is 3.81. The Bertz CT molecular complexity index is 913. The van der Waals surface area contributed by atoms with Crippen LogP contribution in [0.1, 0.15) is 24.1 Å². The zero-order chi connectivity index (χ0) is 16.8. The number of rotatable bonds is 1. The monoisotopic (exact) mass is 318 g/mol. The molecule has 5 nitrogen and oxygen atoms in total. The van der Waals surface area contributed by atoms with Crippen LogP contribution in [0.25, 0.3) is 5.57 Å². The van der Waals surface area contributed by atoms with Crippen molar-refractivity contribution in [1.29, 1.82) is 0 Å². The molecular weight excluding hydrogens is 300 g/mol. The molecule has 0 fully saturated rings. The Morgan fingerprint density at radius 3 is 2.54 bits per heavy atom. The van der Waals surface area contributed by atoms with E-state index in [-0.39, 0.29) is 5.78 Å². The van der Waals surface area contributed by atoms with Gasteiger partial charge in [0.2, 0.25) is 5.96 Å². The van der Waals surface area contributed by atoms with Gasteiger partial charge in [0, 0.05) is 42.7 Å². The first kappa shape index (κ1) is 14.8. The molecule has 24 heavy (non-hydrogen) atoms. The maximum Gasteiger partial charge on any atom is 0.226 e.